The molecule has 0 amide bonds. The van der Waals surface area contributed by atoms with E-state index in [1.54, 1.807) is 31.9 Å². The van der Waals surface area contributed by atoms with Gasteiger partial charge in [0.2, 0.25) is 10.0 Å². The van der Waals surface area contributed by atoms with E-state index in [0.717, 1.165) is 29.0 Å². The summed E-state index contributed by atoms with van der Waals surface area (Å²) in [5.74, 6) is 0. The largest absolute Gasteiger partial charge is 0.309 e. The first kappa shape index (κ1) is 19.2. The number of hydrogen-bond donors (Lipinski definition) is 0. The van der Waals surface area contributed by atoms with Crippen molar-refractivity contribution >= 4 is 27.4 Å². The van der Waals surface area contributed by atoms with Gasteiger partial charge in [0.1, 0.15) is 0 Å². The van der Waals surface area contributed by atoms with Crippen molar-refractivity contribution in [3.05, 3.63) is 59.7 Å². The molecule has 3 rings (SSSR count). The van der Waals surface area contributed by atoms with Crippen molar-refractivity contribution < 1.29 is 8.42 Å². The normalized spacial score (nSPS) is 15.4. The molecule has 0 aromatic heterocycles. The molecule has 1 aliphatic heterocycles. The van der Waals surface area contributed by atoms with E-state index in [4.69, 9.17) is 0 Å². The number of rotatable bonds is 5. The highest BCUT2D eigenvalue weighted by molar-refractivity contribution is 7.99. The smallest absolute Gasteiger partial charge is 0.242 e. The van der Waals surface area contributed by atoms with Crippen LogP contribution in [0.4, 0.5) is 0 Å². The maximum absolute atomic E-state index is 12.6. The molecule has 26 heavy (non-hydrogen) atoms. The second-order valence-electron chi connectivity index (χ2n) is 6.75. The Bertz CT molecular complexity index is 948. The van der Waals surface area contributed by atoms with Crippen LogP contribution in [0.15, 0.2) is 63.2 Å². The summed E-state index contributed by atoms with van der Waals surface area (Å²) >= 11 is 1.69. The van der Waals surface area contributed by atoms with Crippen LogP contribution in [-0.2, 0) is 10.0 Å². The molecule has 0 saturated heterocycles. The van der Waals surface area contributed by atoms with Gasteiger partial charge < -0.3 is 4.90 Å². The van der Waals surface area contributed by atoms with Crippen LogP contribution in [0.5, 0.6) is 0 Å². The van der Waals surface area contributed by atoms with E-state index < -0.39 is 10.0 Å². The molecule has 1 heterocycles. The lowest BCUT2D eigenvalue weighted by molar-refractivity contribution is 0.417. The van der Waals surface area contributed by atoms with Gasteiger partial charge in [-0.2, -0.15) is 0 Å². The van der Waals surface area contributed by atoms with E-state index in [2.05, 4.69) is 37.2 Å². The van der Waals surface area contributed by atoms with Gasteiger partial charge in [0.25, 0.3) is 0 Å². The van der Waals surface area contributed by atoms with Crippen molar-refractivity contribution in [3.8, 4) is 0 Å². The molecule has 0 spiro atoms. The molecule has 0 atom stereocenters. The summed E-state index contributed by atoms with van der Waals surface area (Å²) in [6, 6.07) is 13.7. The fourth-order valence-corrected chi connectivity index (χ4v) is 4.92. The number of nitrogens with zero attached hydrogens (tertiary/aromatic N) is 2. The van der Waals surface area contributed by atoms with Crippen LogP contribution in [0.3, 0.4) is 0 Å². The predicted octanol–water partition coefficient (Wildman–Crippen LogP) is 3.78. The minimum absolute atomic E-state index is 0.333. The van der Waals surface area contributed by atoms with Crippen molar-refractivity contribution in [2.75, 3.05) is 34.7 Å². The van der Waals surface area contributed by atoms with Gasteiger partial charge >= 0.3 is 0 Å². The highest BCUT2D eigenvalue weighted by Gasteiger charge is 2.24. The van der Waals surface area contributed by atoms with E-state index in [1.807, 2.05) is 24.3 Å². The standard InChI is InChI=1S/C20H24N2O2S2/c1-21(2)13-7-9-16-17-8-5-6-10-19(17)25-20-12-11-15(14-18(16)20)26(23,24)22(3)4/h5-6,8-12,14H,7,13H2,1-4H3/b16-9-. The molecule has 138 valence electrons. The van der Waals surface area contributed by atoms with Gasteiger partial charge in [-0.3, -0.25) is 0 Å². The van der Waals surface area contributed by atoms with Crippen molar-refractivity contribution in [3.63, 3.8) is 0 Å². The first-order valence-electron chi connectivity index (χ1n) is 8.50. The van der Waals surface area contributed by atoms with Crippen molar-refractivity contribution in [1.29, 1.82) is 0 Å². The summed E-state index contributed by atoms with van der Waals surface area (Å²) in [5.41, 5.74) is 3.28. The zero-order chi connectivity index (χ0) is 18.9. The average Bonchev–Trinajstić information content (AvgIpc) is 2.60. The quantitative estimate of drug-likeness (QED) is 0.667. The van der Waals surface area contributed by atoms with E-state index in [9.17, 15) is 8.42 Å². The number of hydrogen-bond acceptors (Lipinski definition) is 4. The Balaban J connectivity index is 2.12. The third-order valence-electron chi connectivity index (χ3n) is 4.34. The van der Waals surface area contributed by atoms with E-state index in [1.165, 1.54) is 14.8 Å². The second kappa shape index (κ2) is 7.56. The zero-order valence-electron chi connectivity index (χ0n) is 15.6. The monoisotopic (exact) mass is 388 g/mol. The molecule has 0 N–H and O–H groups in total. The molecule has 2 aromatic rings. The molecule has 0 bridgehead atoms. The first-order valence-corrected chi connectivity index (χ1v) is 10.8. The Morgan fingerprint density at radius 3 is 2.35 bits per heavy atom. The molecule has 0 unspecified atom stereocenters. The molecule has 2 aromatic carbocycles. The average molecular weight is 389 g/mol. The van der Waals surface area contributed by atoms with Gasteiger partial charge in [-0.1, -0.05) is 36.0 Å². The number of fused-ring (bicyclic) bond motifs is 2. The fraction of sp³-hybridized carbons (Fsp3) is 0.300. The molecular formula is C20H24N2O2S2. The Hall–Kier alpha value is -1.60. The van der Waals surface area contributed by atoms with Gasteiger partial charge in [0.05, 0.1) is 4.90 Å². The lowest BCUT2D eigenvalue weighted by atomic mass is 9.96. The summed E-state index contributed by atoms with van der Waals surface area (Å²) in [7, 11) is 3.78. The van der Waals surface area contributed by atoms with Crippen molar-refractivity contribution in [2.45, 2.75) is 21.1 Å². The van der Waals surface area contributed by atoms with Crippen LogP contribution < -0.4 is 0 Å². The molecule has 6 heteroatoms. The summed E-state index contributed by atoms with van der Waals surface area (Å²) in [5, 5.41) is 0. The summed E-state index contributed by atoms with van der Waals surface area (Å²) < 4.78 is 26.4. The minimum Gasteiger partial charge on any atom is -0.309 e. The van der Waals surface area contributed by atoms with E-state index in [0.29, 0.717) is 4.90 Å². The number of sulfonamides is 1. The molecule has 0 fully saturated rings. The van der Waals surface area contributed by atoms with Crippen molar-refractivity contribution in [2.24, 2.45) is 0 Å². The lowest BCUT2D eigenvalue weighted by Gasteiger charge is -2.23. The van der Waals surface area contributed by atoms with Crippen LogP contribution in [0, 0.1) is 0 Å². The van der Waals surface area contributed by atoms with Gasteiger partial charge in [-0.05, 0) is 61.5 Å². The molecule has 0 aliphatic carbocycles. The summed E-state index contributed by atoms with van der Waals surface area (Å²) in [6.07, 6.45) is 3.13. The third kappa shape index (κ3) is 3.74. The van der Waals surface area contributed by atoms with Crippen LogP contribution >= 0.6 is 11.8 Å². The minimum atomic E-state index is -3.46. The van der Waals surface area contributed by atoms with Crippen LogP contribution in [0.1, 0.15) is 17.5 Å². The highest BCUT2D eigenvalue weighted by atomic mass is 32.2. The molecule has 1 aliphatic rings. The maximum Gasteiger partial charge on any atom is 0.242 e. The number of benzene rings is 2. The lowest BCUT2D eigenvalue weighted by Crippen LogP contribution is -2.22. The Labute approximate surface area is 160 Å². The molecular weight excluding hydrogens is 364 g/mol. The topological polar surface area (TPSA) is 40.6 Å². The molecule has 0 radical (unpaired) electrons. The Morgan fingerprint density at radius 2 is 1.65 bits per heavy atom. The third-order valence-corrected chi connectivity index (χ3v) is 7.30. The van der Waals surface area contributed by atoms with Gasteiger partial charge in [0, 0.05) is 30.4 Å². The van der Waals surface area contributed by atoms with Crippen molar-refractivity contribution in [1.82, 2.24) is 9.21 Å². The zero-order valence-corrected chi connectivity index (χ0v) is 17.2. The highest BCUT2D eigenvalue weighted by Crippen LogP contribution is 2.46. The Morgan fingerprint density at radius 1 is 0.962 bits per heavy atom. The van der Waals surface area contributed by atoms with E-state index >= 15 is 0 Å². The summed E-state index contributed by atoms with van der Waals surface area (Å²) in [6.45, 7) is 0.948. The predicted molar refractivity (Wildman–Crippen MR) is 108 cm³/mol. The second-order valence-corrected chi connectivity index (χ2v) is 9.99. The SMILES string of the molecule is CN(C)CC/C=C1/c2ccccc2Sc2ccc(S(=O)(=O)N(C)C)cc21. The van der Waals surface area contributed by atoms with Crippen LogP contribution in [0.2, 0.25) is 0 Å². The summed E-state index contributed by atoms with van der Waals surface area (Å²) in [4.78, 5) is 4.78. The van der Waals surface area contributed by atoms with Gasteiger partial charge in [-0.25, -0.2) is 12.7 Å². The first-order chi connectivity index (χ1) is 12.3. The fourth-order valence-electron chi connectivity index (χ4n) is 2.91. The maximum atomic E-state index is 12.6. The molecule has 0 saturated carbocycles. The van der Waals surface area contributed by atoms with Gasteiger partial charge in [0.15, 0.2) is 0 Å². The van der Waals surface area contributed by atoms with Crippen LogP contribution in [0.25, 0.3) is 5.57 Å². The van der Waals surface area contributed by atoms with Gasteiger partial charge in [-0.15, -0.1) is 0 Å². The van der Waals surface area contributed by atoms with Crippen LogP contribution in [-0.4, -0.2) is 52.4 Å². The molecule has 4 nitrogen and oxygen atoms in total. The van der Waals surface area contributed by atoms with E-state index in [-0.39, 0.29) is 0 Å². The Kier molecular flexibility index (Phi) is 5.58.